The molecule has 7 heteroatoms. The largest absolute Gasteiger partial charge is 0.361 e. The van der Waals surface area contributed by atoms with Gasteiger partial charge in [-0.25, -0.2) is 4.68 Å². The molecule has 0 atom stereocenters. The number of hydrogen-bond acceptors (Lipinski definition) is 5. The van der Waals surface area contributed by atoms with E-state index < -0.39 is 0 Å². The molecule has 24 heavy (non-hydrogen) atoms. The molecule has 0 saturated carbocycles. The molecule has 1 amide bonds. The van der Waals surface area contributed by atoms with Crippen molar-refractivity contribution in [1.29, 1.82) is 0 Å². The van der Waals surface area contributed by atoms with E-state index in [0.717, 1.165) is 5.69 Å². The van der Waals surface area contributed by atoms with Crippen molar-refractivity contribution in [2.75, 3.05) is 13.1 Å². The minimum Gasteiger partial charge on any atom is -0.361 e. The Labute approximate surface area is 140 Å². The van der Waals surface area contributed by atoms with Gasteiger partial charge in [-0.1, -0.05) is 25.9 Å². The smallest absolute Gasteiger partial charge is 0.266 e. The van der Waals surface area contributed by atoms with E-state index in [2.05, 4.69) is 31.0 Å². The molecule has 1 aliphatic heterocycles. The second-order valence-corrected chi connectivity index (χ2v) is 7.36. The predicted molar refractivity (Wildman–Crippen MR) is 87.8 cm³/mol. The third kappa shape index (κ3) is 3.11. The van der Waals surface area contributed by atoms with E-state index >= 15 is 0 Å². The maximum absolute atomic E-state index is 12.3. The van der Waals surface area contributed by atoms with Crippen LogP contribution in [0.5, 0.6) is 0 Å². The Balaban J connectivity index is 1.65. The minimum absolute atomic E-state index is 0.0752. The second kappa shape index (κ2) is 5.89. The number of amides is 1. The van der Waals surface area contributed by atoms with Gasteiger partial charge in [0.15, 0.2) is 0 Å². The molecule has 0 radical (unpaired) electrons. The molecule has 3 heterocycles. The lowest BCUT2D eigenvalue weighted by molar-refractivity contribution is 0.0456. The Morgan fingerprint density at radius 2 is 2.04 bits per heavy atom. The van der Waals surface area contributed by atoms with Crippen molar-refractivity contribution < 1.29 is 9.32 Å². The lowest BCUT2D eigenvalue weighted by Gasteiger charge is -2.39. The van der Waals surface area contributed by atoms with E-state index in [1.165, 1.54) is 10.9 Å². The average molecular weight is 330 g/mol. The fourth-order valence-corrected chi connectivity index (χ4v) is 2.75. The third-order valence-corrected chi connectivity index (χ3v) is 4.29. The molecule has 1 aliphatic rings. The molecule has 0 aliphatic carbocycles. The maximum Gasteiger partial charge on any atom is 0.266 e. The molecule has 0 N–H and O–H groups in total. The first-order chi connectivity index (χ1) is 11.3. The third-order valence-electron chi connectivity index (χ3n) is 4.29. The topological polar surface area (TPSA) is 81.2 Å². The van der Waals surface area contributed by atoms with Crippen LogP contribution in [0.15, 0.2) is 27.6 Å². The fraction of sp³-hybridized carbons (Fsp3) is 0.529. The Hall–Kier alpha value is -2.44. The highest BCUT2D eigenvalue weighted by Gasteiger charge is 2.33. The van der Waals surface area contributed by atoms with Gasteiger partial charge in [0.2, 0.25) is 0 Å². The quantitative estimate of drug-likeness (QED) is 0.854. The zero-order valence-electron chi connectivity index (χ0n) is 14.4. The number of aryl methyl sites for hydroxylation is 1. The van der Waals surface area contributed by atoms with Crippen molar-refractivity contribution in [3.05, 3.63) is 45.7 Å². The van der Waals surface area contributed by atoms with Crippen molar-refractivity contribution in [2.24, 2.45) is 5.92 Å². The van der Waals surface area contributed by atoms with E-state index in [1.54, 1.807) is 24.0 Å². The lowest BCUT2D eigenvalue weighted by Crippen LogP contribution is -2.52. The molecule has 0 bridgehead atoms. The molecular weight excluding hydrogens is 308 g/mol. The Morgan fingerprint density at radius 1 is 1.33 bits per heavy atom. The number of carbonyl (C=O) groups is 1. The van der Waals surface area contributed by atoms with Gasteiger partial charge in [-0.3, -0.25) is 9.59 Å². The van der Waals surface area contributed by atoms with Crippen molar-refractivity contribution >= 4 is 5.91 Å². The Morgan fingerprint density at radius 3 is 2.62 bits per heavy atom. The van der Waals surface area contributed by atoms with Gasteiger partial charge >= 0.3 is 0 Å². The van der Waals surface area contributed by atoms with E-state index in [0.29, 0.717) is 31.0 Å². The molecule has 3 rings (SSSR count). The van der Waals surface area contributed by atoms with Crippen LogP contribution in [-0.2, 0) is 12.0 Å². The predicted octanol–water partition coefficient (Wildman–Crippen LogP) is 1.61. The standard InChI is InChI=1S/C17H22N4O3/c1-11-13(7-18-24-11)16(23)20-8-12(9-20)10-21-15(22)6-5-14(19-21)17(2,3)4/h5-7,12H,8-10H2,1-4H3. The summed E-state index contributed by atoms with van der Waals surface area (Å²) in [5.41, 5.74) is 1.17. The fourth-order valence-electron chi connectivity index (χ4n) is 2.75. The van der Waals surface area contributed by atoms with E-state index in [1.807, 2.05) is 0 Å². The van der Waals surface area contributed by atoms with Crippen molar-refractivity contribution in [3.8, 4) is 0 Å². The van der Waals surface area contributed by atoms with Crippen LogP contribution in [0.2, 0.25) is 0 Å². The summed E-state index contributed by atoms with van der Waals surface area (Å²) in [6, 6.07) is 3.35. The van der Waals surface area contributed by atoms with Crippen LogP contribution in [0.3, 0.4) is 0 Å². The first kappa shape index (κ1) is 16.4. The van der Waals surface area contributed by atoms with Crippen molar-refractivity contribution in [2.45, 2.75) is 39.7 Å². The van der Waals surface area contributed by atoms with E-state index in [4.69, 9.17) is 4.52 Å². The van der Waals surface area contributed by atoms with Gasteiger partial charge in [-0.2, -0.15) is 5.10 Å². The summed E-state index contributed by atoms with van der Waals surface area (Å²) in [5.74, 6) is 0.683. The minimum atomic E-state index is -0.109. The number of likely N-dealkylation sites (tertiary alicyclic amines) is 1. The van der Waals surface area contributed by atoms with Gasteiger partial charge in [0.25, 0.3) is 11.5 Å². The van der Waals surface area contributed by atoms with Crippen molar-refractivity contribution in [3.63, 3.8) is 0 Å². The first-order valence-electron chi connectivity index (χ1n) is 8.05. The van der Waals surface area contributed by atoms with Crippen LogP contribution < -0.4 is 5.56 Å². The molecular formula is C17H22N4O3. The molecule has 1 fully saturated rings. The maximum atomic E-state index is 12.3. The SMILES string of the molecule is Cc1oncc1C(=O)N1CC(Cn2nc(C(C)(C)C)ccc2=O)C1. The number of carbonyl (C=O) groups excluding carboxylic acids is 1. The van der Waals surface area contributed by atoms with E-state index in [-0.39, 0.29) is 22.8 Å². The molecule has 128 valence electrons. The zero-order chi connectivity index (χ0) is 17.5. The molecule has 0 aromatic carbocycles. The Kier molecular flexibility index (Phi) is 4.03. The van der Waals surface area contributed by atoms with E-state index in [9.17, 15) is 9.59 Å². The summed E-state index contributed by atoms with van der Waals surface area (Å²) >= 11 is 0. The molecule has 0 spiro atoms. The summed E-state index contributed by atoms with van der Waals surface area (Å²) in [6.07, 6.45) is 1.45. The summed E-state index contributed by atoms with van der Waals surface area (Å²) in [5, 5.41) is 8.11. The summed E-state index contributed by atoms with van der Waals surface area (Å²) in [6.45, 7) is 9.66. The lowest BCUT2D eigenvalue weighted by atomic mass is 9.92. The molecule has 2 aromatic rings. The highest BCUT2D eigenvalue weighted by Crippen LogP contribution is 2.22. The number of hydrogen-bond donors (Lipinski definition) is 0. The van der Waals surface area contributed by atoms with Crippen LogP contribution in [-0.4, -0.2) is 38.8 Å². The van der Waals surface area contributed by atoms with Gasteiger partial charge in [-0.15, -0.1) is 0 Å². The highest BCUT2D eigenvalue weighted by molar-refractivity contribution is 5.95. The number of nitrogens with zero attached hydrogens (tertiary/aromatic N) is 4. The number of aromatic nitrogens is 3. The molecule has 2 aromatic heterocycles. The summed E-state index contributed by atoms with van der Waals surface area (Å²) < 4.78 is 6.45. The summed E-state index contributed by atoms with van der Waals surface area (Å²) in [7, 11) is 0. The van der Waals surface area contributed by atoms with Crippen LogP contribution in [0, 0.1) is 12.8 Å². The van der Waals surface area contributed by atoms with Crippen LogP contribution in [0.1, 0.15) is 42.6 Å². The average Bonchev–Trinajstić information content (AvgIpc) is 2.88. The van der Waals surface area contributed by atoms with Gasteiger partial charge < -0.3 is 9.42 Å². The normalized spacial score (nSPS) is 15.4. The van der Waals surface area contributed by atoms with Crippen LogP contribution in [0.4, 0.5) is 0 Å². The zero-order valence-corrected chi connectivity index (χ0v) is 14.4. The first-order valence-corrected chi connectivity index (χ1v) is 8.05. The second-order valence-electron chi connectivity index (χ2n) is 7.36. The van der Waals surface area contributed by atoms with Crippen LogP contribution in [0.25, 0.3) is 0 Å². The van der Waals surface area contributed by atoms with Gasteiger partial charge in [0.1, 0.15) is 11.3 Å². The Bertz CT molecular complexity index is 810. The number of rotatable bonds is 3. The highest BCUT2D eigenvalue weighted by atomic mass is 16.5. The molecule has 0 unspecified atom stereocenters. The van der Waals surface area contributed by atoms with Gasteiger partial charge in [0.05, 0.1) is 18.4 Å². The van der Waals surface area contributed by atoms with Gasteiger partial charge in [0, 0.05) is 30.5 Å². The summed E-state index contributed by atoms with van der Waals surface area (Å²) in [4.78, 5) is 26.1. The van der Waals surface area contributed by atoms with Crippen molar-refractivity contribution in [1.82, 2.24) is 19.8 Å². The monoisotopic (exact) mass is 330 g/mol. The molecule has 1 saturated heterocycles. The molecule has 7 nitrogen and oxygen atoms in total. The van der Waals surface area contributed by atoms with Crippen LogP contribution >= 0.6 is 0 Å². The van der Waals surface area contributed by atoms with Gasteiger partial charge in [-0.05, 0) is 13.0 Å².